The number of hydrogen-bond donors (Lipinski definition) is 0. The van der Waals surface area contributed by atoms with E-state index in [9.17, 15) is 0 Å². The molecule has 1 nitrogen and oxygen atoms in total. The highest BCUT2D eigenvalue weighted by Crippen LogP contribution is 2.44. The molecular weight excluding hydrogens is 274 g/mol. The fraction of sp³-hybridized carbons (Fsp3) is 0.600. The van der Waals surface area contributed by atoms with Crippen LogP contribution in [0.25, 0.3) is 0 Å². The van der Waals surface area contributed by atoms with Crippen molar-refractivity contribution in [1.82, 2.24) is 4.90 Å². The predicted molar refractivity (Wildman–Crippen MR) is 75.1 cm³/mol. The Balaban J connectivity index is 1.97. The lowest BCUT2D eigenvalue weighted by Crippen LogP contribution is -2.52. The minimum atomic E-state index is 0.372. The van der Waals surface area contributed by atoms with Gasteiger partial charge in [-0.3, -0.25) is 4.90 Å². The van der Waals surface area contributed by atoms with Crippen LogP contribution in [0, 0.1) is 0 Å². The maximum absolute atomic E-state index is 3.54. The number of fused-ring (bicyclic) bond motifs is 1. The number of hydrogen-bond acceptors (Lipinski definition) is 1. The topological polar surface area (TPSA) is 3.24 Å². The molecule has 17 heavy (non-hydrogen) atoms. The van der Waals surface area contributed by atoms with Crippen molar-refractivity contribution in [3.8, 4) is 0 Å². The molecule has 0 N–H and O–H groups in total. The highest BCUT2D eigenvalue weighted by atomic mass is 79.9. The van der Waals surface area contributed by atoms with Gasteiger partial charge in [-0.25, -0.2) is 0 Å². The summed E-state index contributed by atoms with van der Waals surface area (Å²) in [5.41, 5.74) is 1.91. The second kappa shape index (κ2) is 4.74. The molecule has 0 bridgehead atoms. The standard InChI is InChI=1S/C15H20BrN/c16-14-7-5-13(6-8-14)15-9-1-3-11-17(15)12-4-2-10-15/h5-8H,1-4,9-12H2. The molecule has 3 rings (SSSR count). The van der Waals surface area contributed by atoms with Gasteiger partial charge in [0.2, 0.25) is 0 Å². The van der Waals surface area contributed by atoms with Crippen molar-refractivity contribution in [2.75, 3.05) is 13.1 Å². The van der Waals surface area contributed by atoms with E-state index in [1.54, 1.807) is 5.56 Å². The average Bonchev–Trinajstić information content (AvgIpc) is 2.39. The molecule has 0 aliphatic carbocycles. The maximum atomic E-state index is 3.54. The van der Waals surface area contributed by atoms with Gasteiger partial charge in [-0.15, -0.1) is 0 Å². The molecule has 0 aromatic heterocycles. The highest BCUT2D eigenvalue weighted by molar-refractivity contribution is 9.10. The van der Waals surface area contributed by atoms with Crippen LogP contribution in [0.2, 0.25) is 0 Å². The van der Waals surface area contributed by atoms with Crippen LogP contribution in [-0.4, -0.2) is 18.0 Å². The van der Waals surface area contributed by atoms with E-state index in [1.165, 1.54) is 56.1 Å². The van der Waals surface area contributed by atoms with Crippen LogP contribution in [0.15, 0.2) is 28.7 Å². The molecule has 2 fully saturated rings. The van der Waals surface area contributed by atoms with Gasteiger partial charge in [-0.2, -0.15) is 0 Å². The van der Waals surface area contributed by atoms with Gasteiger partial charge in [0.15, 0.2) is 0 Å². The third-order valence-electron chi connectivity index (χ3n) is 4.52. The summed E-state index contributed by atoms with van der Waals surface area (Å²) in [6, 6.07) is 9.05. The van der Waals surface area contributed by atoms with E-state index < -0.39 is 0 Å². The molecule has 2 aliphatic heterocycles. The molecule has 0 saturated carbocycles. The largest absolute Gasteiger partial charge is 0.294 e. The molecule has 0 spiro atoms. The number of benzene rings is 1. The van der Waals surface area contributed by atoms with Gasteiger partial charge < -0.3 is 0 Å². The summed E-state index contributed by atoms with van der Waals surface area (Å²) in [7, 11) is 0. The SMILES string of the molecule is Brc1ccc(C23CCCCN2CCCC3)cc1. The summed E-state index contributed by atoms with van der Waals surface area (Å²) in [6.07, 6.45) is 8.28. The van der Waals surface area contributed by atoms with Crippen molar-refractivity contribution >= 4 is 15.9 Å². The van der Waals surface area contributed by atoms with Crippen molar-refractivity contribution in [1.29, 1.82) is 0 Å². The van der Waals surface area contributed by atoms with Crippen LogP contribution >= 0.6 is 15.9 Å². The lowest BCUT2D eigenvalue weighted by Gasteiger charge is -2.51. The van der Waals surface area contributed by atoms with Gasteiger partial charge in [-0.1, -0.05) is 28.1 Å². The van der Waals surface area contributed by atoms with Gasteiger partial charge in [0.25, 0.3) is 0 Å². The van der Waals surface area contributed by atoms with Crippen LogP contribution < -0.4 is 0 Å². The van der Waals surface area contributed by atoms with Crippen molar-refractivity contribution in [2.45, 2.75) is 44.1 Å². The Labute approximate surface area is 112 Å². The molecule has 2 aliphatic rings. The molecule has 1 aromatic rings. The number of halogens is 1. The fourth-order valence-corrected chi connectivity index (χ4v) is 3.92. The molecule has 92 valence electrons. The summed E-state index contributed by atoms with van der Waals surface area (Å²) in [6.45, 7) is 2.60. The molecule has 0 amide bonds. The Hall–Kier alpha value is -0.340. The highest BCUT2D eigenvalue weighted by Gasteiger charge is 2.41. The Bertz CT molecular complexity index is 372. The smallest absolute Gasteiger partial charge is 0.0460 e. The summed E-state index contributed by atoms with van der Waals surface area (Å²) in [5.74, 6) is 0. The van der Waals surface area contributed by atoms with Gasteiger partial charge in [0, 0.05) is 10.0 Å². The second-order valence-corrected chi connectivity index (χ2v) is 6.36. The summed E-state index contributed by atoms with van der Waals surface area (Å²) >= 11 is 3.54. The van der Waals surface area contributed by atoms with E-state index in [0.29, 0.717) is 5.54 Å². The van der Waals surface area contributed by atoms with Crippen molar-refractivity contribution in [2.24, 2.45) is 0 Å². The lowest BCUT2D eigenvalue weighted by atomic mass is 9.74. The van der Waals surface area contributed by atoms with E-state index in [1.807, 2.05) is 0 Å². The minimum absolute atomic E-state index is 0.372. The van der Waals surface area contributed by atoms with Gasteiger partial charge in [-0.05, 0) is 69.3 Å². The third kappa shape index (κ3) is 2.06. The predicted octanol–water partition coefficient (Wildman–Crippen LogP) is 4.31. The van der Waals surface area contributed by atoms with Crippen LogP contribution in [-0.2, 0) is 5.54 Å². The first kappa shape index (κ1) is 11.7. The van der Waals surface area contributed by atoms with E-state index in [0.717, 1.165) is 0 Å². The second-order valence-electron chi connectivity index (χ2n) is 5.44. The Morgan fingerprint density at radius 2 is 1.47 bits per heavy atom. The zero-order valence-corrected chi connectivity index (χ0v) is 11.9. The van der Waals surface area contributed by atoms with Gasteiger partial charge in [0.1, 0.15) is 0 Å². The molecule has 2 saturated heterocycles. The van der Waals surface area contributed by atoms with E-state index in [4.69, 9.17) is 0 Å². The van der Waals surface area contributed by atoms with Crippen LogP contribution in [0.4, 0.5) is 0 Å². The first-order valence-electron chi connectivity index (χ1n) is 6.82. The molecule has 1 aromatic carbocycles. The molecule has 2 heterocycles. The average molecular weight is 294 g/mol. The number of nitrogens with zero attached hydrogens (tertiary/aromatic N) is 1. The minimum Gasteiger partial charge on any atom is -0.294 e. The number of rotatable bonds is 1. The van der Waals surface area contributed by atoms with Crippen LogP contribution in [0.1, 0.15) is 44.1 Å². The van der Waals surface area contributed by atoms with Gasteiger partial charge in [0.05, 0.1) is 0 Å². The van der Waals surface area contributed by atoms with E-state index in [-0.39, 0.29) is 0 Å². The lowest BCUT2D eigenvalue weighted by molar-refractivity contribution is 0.00816. The van der Waals surface area contributed by atoms with Crippen LogP contribution in [0.3, 0.4) is 0 Å². The molecule has 2 heteroatoms. The zero-order chi connectivity index (χ0) is 11.7. The fourth-order valence-electron chi connectivity index (χ4n) is 3.65. The summed E-state index contributed by atoms with van der Waals surface area (Å²) < 4.78 is 1.19. The molecule has 0 radical (unpaired) electrons. The first-order valence-corrected chi connectivity index (χ1v) is 7.62. The molecule has 0 unspecified atom stereocenters. The van der Waals surface area contributed by atoms with Crippen molar-refractivity contribution in [3.05, 3.63) is 34.3 Å². The van der Waals surface area contributed by atoms with E-state index in [2.05, 4.69) is 45.1 Å². The Kier molecular flexibility index (Phi) is 3.27. The van der Waals surface area contributed by atoms with Crippen LogP contribution in [0.5, 0.6) is 0 Å². The first-order chi connectivity index (χ1) is 8.31. The molecule has 0 atom stereocenters. The Morgan fingerprint density at radius 1 is 0.882 bits per heavy atom. The van der Waals surface area contributed by atoms with Crippen molar-refractivity contribution < 1.29 is 0 Å². The zero-order valence-electron chi connectivity index (χ0n) is 10.3. The number of piperidine rings is 2. The Morgan fingerprint density at radius 3 is 2.06 bits per heavy atom. The molecular formula is C15H20BrN. The third-order valence-corrected chi connectivity index (χ3v) is 5.05. The monoisotopic (exact) mass is 293 g/mol. The normalized spacial score (nSPS) is 24.3. The summed E-state index contributed by atoms with van der Waals surface area (Å²) in [4.78, 5) is 2.75. The van der Waals surface area contributed by atoms with Crippen molar-refractivity contribution in [3.63, 3.8) is 0 Å². The van der Waals surface area contributed by atoms with Gasteiger partial charge >= 0.3 is 0 Å². The maximum Gasteiger partial charge on any atom is 0.0460 e. The quantitative estimate of drug-likeness (QED) is 0.746. The summed E-state index contributed by atoms with van der Waals surface area (Å²) in [5, 5.41) is 0. The van der Waals surface area contributed by atoms with E-state index >= 15 is 0 Å².